The number of aliphatic hydroxyl groups excluding tert-OH is 1. The van der Waals surface area contributed by atoms with E-state index in [0.717, 1.165) is 31.5 Å². The van der Waals surface area contributed by atoms with Crippen LogP contribution in [0.3, 0.4) is 0 Å². The predicted octanol–water partition coefficient (Wildman–Crippen LogP) is -0.340. The van der Waals surface area contributed by atoms with Crippen LogP contribution in [0.2, 0.25) is 0 Å². The van der Waals surface area contributed by atoms with Crippen molar-refractivity contribution in [3.05, 3.63) is 17.7 Å². The van der Waals surface area contributed by atoms with Gasteiger partial charge in [-0.3, -0.25) is 0 Å². The summed E-state index contributed by atoms with van der Waals surface area (Å²) in [6.07, 6.45) is 1.70. The third-order valence-corrected chi connectivity index (χ3v) is 3.61. The Labute approximate surface area is 106 Å². The highest BCUT2D eigenvalue weighted by Crippen LogP contribution is 2.37. The minimum absolute atomic E-state index is 0.216. The molecule has 3 N–H and O–H groups in total. The molecule has 0 saturated carbocycles. The van der Waals surface area contributed by atoms with Crippen molar-refractivity contribution >= 4 is 0 Å². The highest BCUT2D eigenvalue weighted by molar-refractivity contribution is 5.50. The number of ether oxygens (including phenoxy) is 2. The molecular formula is C13H18NO4+. The molecule has 0 amide bonds. The van der Waals surface area contributed by atoms with Gasteiger partial charge in [0, 0.05) is 6.07 Å². The second kappa shape index (κ2) is 4.66. The van der Waals surface area contributed by atoms with E-state index in [1.165, 1.54) is 4.90 Å². The number of rotatable bonds is 2. The molecule has 1 aromatic carbocycles. The van der Waals surface area contributed by atoms with Crippen LogP contribution in [0.5, 0.6) is 17.2 Å². The topological polar surface area (TPSA) is 63.4 Å². The van der Waals surface area contributed by atoms with Gasteiger partial charge in [-0.1, -0.05) is 0 Å². The molecule has 0 aliphatic carbocycles. The zero-order valence-corrected chi connectivity index (χ0v) is 10.2. The minimum Gasteiger partial charge on any atom is -0.507 e. The first-order valence-electron chi connectivity index (χ1n) is 6.35. The molecule has 98 valence electrons. The maximum atomic E-state index is 9.96. The SMILES string of the molecule is Oc1cc2c(cc1C[NH+]1CCC[C@H](O)C1)OCO2. The third-order valence-electron chi connectivity index (χ3n) is 3.61. The fraction of sp³-hybridized carbons (Fsp3) is 0.538. The summed E-state index contributed by atoms with van der Waals surface area (Å²) in [5.41, 5.74) is 0.850. The van der Waals surface area contributed by atoms with Gasteiger partial charge in [0.05, 0.1) is 12.1 Å². The van der Waals surface area contributed by atoms with E-state index in [-0.39, 0.29) is 18.6 Å². The average molecular weight is 252 g/mol. The van der Waals surface area contributed by atoms with Crippen molar-refractivity contribution < 1.29 is 24.6 Å². The highest BCUT2D eigenvalue weighted by Gasteiger charge is 2.24. The van der Waals surface area contributed by atoms with Crippen molar-refractivity contribution in [2.24, 2.45) is 0 Å². The number of quaternary nitrogens is 1. The van der Waals surface area contributed by atoms with Crippen LogP contribution < -0.4 is 14.4 Å². The van der Waals surface area contributed by atoms with E-state index in [1.54, 1.807) is 6.07 Å². The zero-order chi connectivity index (χ0) is 12.5. The van der Waals surface area contributed by atoms with E-state index < -0.39 is 0 Å². The Morgan fingerprint density at radius 1 is 1.28 bits per heavy atom. The van der Waals surface area contributed by atoms with Gasteiger partial charge in [0.15, 0.2) is 11.5 Å². The fourth-order valence-electron chi connectivity index (χ4n) is 2.67. The second-order valence-electron chi connectivity index (χ2n) is 5.01. The molecule has 5 heteroatoms. The van der Waals surface area contributed by atoms with Crippen LogP contribution >= 0.6 is 0 Å². The maximum Gasteiger partial charge on any atom is 0.231 e. The number of hydrogen-bond acceptors (Lipinski definition) is 4. The summed E-state index contributed by atoms with van der Waals surface area (Å²) in [6, 6.07) is 3.45. The van der Waals surface area contributed by atoms with Crippen LogP contribution in [0, 0.1) is 0 Å². The summed E-state index contributed by atoms with van der Waals surface area (Å²) >= 11 is 0. The number of aliphatic hydroxyl groups is 1. The highest BCUT2D eigenvalue weighted by atomic mass is 16.7. The normalized spacial score (nSPS) is 26.3. The van der Waals surface area contributed by atoms with Crippen molar-refractivity contribution in [1.29, 1.82) is 0 Å². The molecule has 1 unspecified atom stereocenters. The monoisotopic (exact) mass is 252 g/mol. The minimum atomic E-state index is -0.218. The van der Waals surface area contributed by atoms with E-state index >= 15 is 0 Å². The Hall–Kier alpha value is -1.46. The zero-order valence-electron chi connectivity index (χ0n) is 10.2. The van der Waals surface area contributed by atoms with Gasteiger partial charge in [-0.15, -0.1) is 0 Å². The van der Waals surface area contributed by atoms with Crippen LogP contribution in [-0.4, -0.2) is 36.2 Å². The molecule has 2 aliphatic rings. The van der Waals surface area contributed by atoms with Crippen molar-refractivity contribution in [2.45, 2.75) is 25.5 Å². The Morgan fingerprint density at radius 2 is 2.06 bits per heavy atom. The molecule has 18 heavy (non-hydrogen) atoms. The van der Waals surface area contributed by atoms with Crippen LogP contribution in [0.15, 0.2) is 12.1 Å². The summed E-state index contributed by atoms with van der Waals surface area (Å²) in [4.78, 5) is 1.29. The molecule has 2 atom stereocenters. The van der Waals surface area contributed by atoms with Gasteiger partial charge in [0.2, 0.25) is 6.79 Å². The lowest BCUT2D eigenvalue weighted by Gasteiger charge is -2.27. The van der Waals surface area contributed by atoms with Gasteiger partial charge in [0.25, 0.3) is 0 Å². The lowest BCUT2D eigenvalue weighted by atomic mass is 10.1. The van der Waals surface area contributed by atoms with Crippen molar-refractivity contribution in [3.8, 4) is 17.2 Å². The number of benzene rings is 1. The van der Waals surface area contributed by atoms with Gasteiger partial charge in [-0.2, -0.15) is 0 Å². The number of fused-ring (bicyclic) bond motifs is 1. The van der Waals surface area contributed by atoms with Gasteiger partial charge in [-0.25, -0.2) is 0 Å². The number of phenolic OH excluding ortho intramolecular Hbond substituents is 1. The molecule has 5 nitrogen and oxygen atoms in total. The summed E-state index contributed by atoms with van der Waals surface area (Å²) in [6.45, 7) is 2.70. The quantitative estimate of drug-likeness (QED) is 0.674. The first-order chi connectivity index (χ1) is 8.72. The Morgan fingerprint density at radius 3 is 2.83 bits per heavy atom. The Balaban J connectivity index is 1.76. The number of likely N-dealkylation sites (tertiary alicyclic amines) is 1. The second-order valence-corrected chi connectivity index (χ2v) is 5.01. The smallest absolute Gasteiger partial charge is 0.231 e. The Kier molecular flexibility index (Phi) is 3.01. The molecular weight excluding hydrogens is 234 g/mol. The summed E-state index contributed by atoms with van der Waals surface area (Å²) in [7, 11) is 0. The molecule has 0 spiro atoms. The molecule has 0 bridgehead atoms. The molecule has 2 aliphatic heterocycles. The Bertz CT molecular complexity index is 449. The van der Waals surface area contributed by atoms with Crippen molar-refractivity contribution in [3.63, 3.8) is 0 Å². The van der Waals surface area contributed by atoms with Crippen LogP contribution in [-0.2, 0) is 6.54 Å². The van der Waals surface area contributed by atoms with E-state index in [4.69, 9.17) is 9.47 Å². The van der Waals surface area contributed by atoms with Gasteiger partial charge in [-0.05, 0) is 18.9 Å². The number of nitrogens with one attached hydrogen (secondary N) is 1. The van der Waals surface area contributed by atoms with Crippen LogP contribution in [0.1, 0.15) is 18.4 Å². The largest absolute Gasteiger partial charge is 0.507 e. The van der Waals surface area contributed by atoms with E-state index in [0.29, 0.717) is 18.0 Å². The third kappa shape index (κ3) is 2.23. The molecule has 1 fully saturated rings. The fourth-order valence-corrected chi connectivity index (χ4v) is 2.67. The predicted molar refractivity (Wildman–Crippen MR) is 63.9 cm³/mol. The first-order valence-corrected chi connectivity index (χ1v) is 6.35. The van der Waals surface area contributed by atoms with Crippen molar-refractivity contribution in [1.82, 2.24) is 0 Å². The lowest BCUT2D eigenvalue weighted by molar-refractivity contribution is -0.921. The number of hydrogen-bond donors (Lipinski definition) is 3. The summed E-state index contributed by atoms with van der Waals surface area (Å²) < 4.78 is 10.5. The van der Waals surface area contributed by atoms with Crippen LogP contribution in [0.25, 0.3) is 0 Å². The molecule has 0 radical (unpaired) electrons. The van der Waals surface area contributed by atoms with E-state index in [9.17, 15) is 10.2 Å². The number of aromatic hydroxyl groups is 1. The van der Waals surface area contributed by atoms with Gasteiger partial charge < -0.3 is 24.6 Å². The summed E-state index contributed by atoms with van der Waals surface area (Å²) in [5, 5.41) is 19.6. The van der Waals surface area contributed by atoms with Crippen molar-refractivity contribution in [2.75, 3.05) is 19.9 Å². The summed E-state index contributed by atoms with van der Waals surface area (Å²) in [5.74, 6) is 1.54. The average Bonchev–Trinajstić information content (AvgIpc) is 2.76. The van der Waals surface area contributed by atoms with Gasteiger partial charge in [0.1, 0.15) is 24.9 Å². The maximum absolute atomic E-state index is 9.96. The number of phenols is 1. The van der Waals surface area contributed by atoms with E-state index in [2.05, 4.69) is 0 Å². The first kappa shape index (κ1) is 11.6. The molecule has 1 saturated heterocycles. The molecule has 2 heterocycles. The standard InChI is InChI=1S/C13H17NO4/c15-10-2-1-3-14(7-10)6-9-4-12-13(5-11(9)16)18-8-17-12/h4-5,10,15-16H,1-3,6-8H2/p+1/t10-/m0/s1. The van der Waals surface area contributed by atoms with Gasteiger partial charge >= 0.3 is 0 Å². The molecule has 0 aromatic heterocycles. The van der Waals surface area contributed by atoms with Crippen LogP contribution in [0.4, 0.5) is 0 Å². The molecule has 3 rings (SSSR count). The molecule has 1 aromatic rings. The van der Waals surface area contributed by atoms with E-state index in [1.807, 2.05) is 6.07 Å². The lowest BCUT2D eigenvalue weighted by Crippen LogP contribution is -3.12. The number of piperidine rings is 1.